The summed E-state index contributed by atoms with van der Waals surface area (Å²) in [4.78, 5) is 22.0. The van der Waals surface area contributed by atoms with Gasteiger partial charge in [-0.15, -0.1) is 0 Å². The number of carboxylic acids is 1. The van der Waals surface area contributed by atoms with Crippen LogP contribution in [0.4, 0.5) is 4.79 Å². The van der Waals surface area contributed by atoms with Gasteiger partial charge in [0.05, 0.1) is 12.5 Å². The number of unbranched alkanes of at least 4 members (excludes halogenated alkanes) is 1. The van der Waals surface area contributed by atoms with Crippen LogP contribution in [-0.2, 0) is 9.53 Å². The second-order valence-electron chi connectivity index (χ2n) is 5.87. The lowest BCUT2D eigenvalue weighted by Gasteiger charge is -2.51. The Morgan fingerprint density at radius 3 is 2.65 bits per heavy atom. The number of carbonyl (C=O) groups excluding carboxylic acids is 1. The van der Waals surface area contributed by atoms with Crippen molar-refractivity contribution >= 4 is 12.0 Å². The van der Waals surface area contributed by atoms with E-state index in [4.69, 9.17) is 9.84 Å². The Hall–Kier alpha value is -1.30. The predicted molar refractivity (Wildman–Crippen MR) is 75.6 cm³/mol. The summed E-state index contributed by atoms with van der Waals surface area (Å²) in [7, 11) is 0. The van der Waals surface area contributed by atoms with Crippen LogP contribution in [0.3, 0.4) is 0 Å². The third kappa shape index (κ3) is 4.67. The third-order valence-electron chi connectivity index (χ3n) is 3.92. The molecule has 0 aliphatic heterocycles. The van der Waals surface area contributed by atoms with Crippen LogP contribution in [0.15, 0.2) is 0 Å². The highest BCUT2D eigenvalue weighted by molar-refractivity contribution is 5.75. The predicted octanol–water partition coefficient (Wildman–Crippen LogP) is 1.74. The largest absolute Gasteiger partial charge is 0.481 e. The molecule has 2 amide bonds. The maximum absolute atomic E-state index is 11.6. The smallest absolute Gasteiger partial charge is 0.315 e. The van der Waals surface area contributed by atoms with Crippen LogP contribution >= 0.6 is 0 Å². The number of hydrogen-bond donors (Lipinski definition) is 3. The molecule has 0 aromatic rings. The van der Waals surface area contributed by atoms with Gasteiger partial charge in [-0.3, -0.25) is 4.79 Å². The summed E-state index contributed by atoms with van der Waals surface area (Å²) in [6, 6.07) is -0.240. The molecule has 0 aromatic heterocycles. The van der Waals surface area contributed by atoms with Crippen LogP contribution in [0.5, 0.6) is 0 Å². The first-order valence-electron chi connectivity index (χ1n) is 7.25. The first-order chi connectivity index (χ1) is 9.37. The standard InChI is InChI=1S/C14H26N2O4/c1-4-5-8-20-11-9-10(14(11,2)3)16-13(19)15-7-6-12(17)18/h10-11H,4-9H2,1-3H3,(H,17,18)(H2,15,16,19). The third-order valence-corrected chi connectivity index (χ3v) is 3.92. The average Bonchev–Trinajstić information content (AvgIpc) is 2.36. The van der Waals surface area contributed by atoms with Crippen molar-refractivity contribution in [2.45, 2.75) is 58.6 Å². The zero-order chi connectivity index (χ0) is 15.2. The van der Waals surface area contributed by atoms with Crippen molar-refractivity contribution in [2.75, 3.05) is 13.2 Å². The molecule has 1 fully saturated rings. The number of carboxylic acid groups (broad SMARTS) is 1. The molecule has 0 spiro atoms. The van der Waals surface area contributed by atoms with E-state index in [9.17, 15) is 9.59 Å². The Balaban J connectivity index is 2.25. The minimum absolute atomic E-state index is 0.0652. The quantitative estimate of drug-likeness (QED) is 0.593. The summed E-state index contributed by atoms with van der Waals surface area (Å²) >= 11 is 0. The summed E-state index contributed by atoms with van der Waals surface area (Å²) in [5.41, 5.74) is -0.0854. The Kier molecular flexibility index (Phi) is 6.26. The summed E-state index contributed by atoms with van der Waals surface area (Å²) in [6.07, 6.45) is 3.09. The zero-order valence-electron chi connectivity index (χ0n) is 12.6. The fraction of sp³-hybridized carbons (Fsp3) is 0.857. The average molecular weight is 286 g/mol. The second kappa shape index (κ2) is 7.47. The number of amides is 2. The molecule has 2 atom stereocenters. The highest BCUT2D eigenvalue weighted by Gasteiger charge is 2.49. The van der Waals surface area contributed by atoms with Gasteiger partial charge in [0.25, 0.3) is 0 Å². The van der Waals surface area contributed by atoms with Gasteiger partial charge >= 0.3 is 12.0 Å². The van der Waals surface area contributed by atoms with Gasteiger partial charge in [0.1, 0.15) is 0 Å². The highest BCUT2D eigenvalue weighted by atomic mass is 16.5. The molecule has 1 saturated carbocycles. The first kappa shape index (κ1) is 16.8. The van der Waals surface area contributed by atoms with Gasteiger partial charge in [0.15, 0.2) is 0 Å². The fourth-order valence-corrected chi connectivity index (χ4v) is 2.28. The van der Waals surface area contributed by atoms with E-state index in [1.165, 1.54) is 0 Å². The lowest BCUT2D eigenvalue weighted by atomic mass is 9.64. The van der Waals surface area contributed by atoms with Gasteiger partial charge in [-0.1, -0.05) is 27.2 Å². The Morgan fingerprint density at radius 1 is 1.40 bits per heavy atom. The fourth-order valence-electron chi connectivity index (χ4n) is 2.28. The molecule has 0 heterocycles. The Labute approximate surface area is 120 Å². The van der Waals surface area contributed by atoms with Crippen LogP contribution in [0.2, 0.25) is 0 Å². The maximum atomic E-state index is 11.6. The molecular formula is C14H26N2O4. The number of carbonyl (C=O) groups is 2. The van der Waals surface area contributed by atoms with Gasteiger partial charge in [-0.05, 0) is 12.8 Å². The number of rotatable bonds is 8. The van der Waals surface area contributed by atoms with Crippen molar-refractivity contribution in [1.82, 2.24) is 10.6 Å². The molecule has 0 bridgehead atoms. The molecule has 1 aliphatic rings. The molecule has 1 aliphatic carbocycles. The van der Waals surface area contributed by atoms with Crippen LogP contribution in [0.1, 0.15) is 46.5 Å². The Bertz CT molecular complexity index is 344. The molecule has 20 heavy (non-hydrogen) atoms. The monoisotopic (exact) mass is 286 g/mol. The summed E-state index contributed by atoms with van der Waals surface area (Å²) in [5.74, 6) is -0.918. The maximum Gasteiger partial charge on any atom is 0.315 e. The minimum Gasteiger partial charge on any atom is -0.481 e. The zero-order valence-corrected chi connectivity index (χ0v) is 12.6. The molecule has 6 heteroatoms. The number of nitrogens with one attached hydrogen (secondary N) is 2. The number of urea groups is 1. The van der Waals surface area contributed by atoms with E-state index < -0.39 is 5.97 Å². The van der Waals surface area contributed by atoms with Gasteiger partial charge in [0, 0.05) is 24.6 Å². The summed E-state index contributed by atoms with van der Waals surface area (Å²) < 4.78 is 5.81. The van der Waals surface area contributed by atoms with E-state index in [-0.39, 0.29) is 36.6 Å². The van der Waals surface area contributed by atoms with Crippen LogP contribution in [-0.4, -0.2) is 42.4 Å². The molecular weight excluding hydrogens is 260 g/mol. The van der Waals surface area contributed by atoms with Crippen molar-refractivity contribution in [3.63, 3.8) is 0 Å². The summed E-state index contributed by atoms with van der Waals surface area (Å²) in [6.45, 7) is 7.19. The van der Waals surface area contributed by atoms with Gasteiger partial charge in [0.2, 0.25) is 0 Å². The molecule has 0 radical (unpaired) electrons. The second-order valence-corrected chi connectivity index (χ2v) is 5.87. The van der Waals surface area contributed by atoms with E-state index in [1.54, 1.807) is 0 Å². The van der Waals surface area contributed by atoms with E-state index >= 15 is 0 Å². The molecule has 2 unspecified atom stereocenters. The SMILES string of the molecule is CCCCOC1CC(NC(=O)NCCC(=O)O)C1(C)C. The van der Waals surface area contributed by atoms with Crippen LogP contribution in [0.25, 0.3) is 0 Å². The molecule has 0 aromatic carbocycles. The molecule has 116 valence electrons. The van der Waals surface area contributed by atoms with Crippen LogP contribution in [0, 0.1) is 5.41 Å². The normalized spacial score (nSPS) is 23.8. The van der Waals surface area contributed by atoms with Gasteiger partial charge in [-0.2, -0.15) is 0 Å². The van der Waals surface area contributed by atoms with Crippen molar-refractivity contribution in [1.29, 1.82) is 0 Å². The van der Waals surface area contributed by atoms with Gasteiger partial charge < -0.3 is 20.5 Å². The topological polar surface area (TPSA) is 87.7 Å². The van der Waals surface area contributed by atoms with Crippen molar-refractivity contribution in [3.05, 3.63) is 0 Å². The minimum atomic E-state index is -0.918. The highest BCUT2D eigenvalue weighted by Crippen LogP contribution is 2.42. The van der Waals surface area contributed by atoms with E-state index in [0.717, 1.165) is 25.9 Å². The molecule has 0 saturated heterocycles. The molecule has 3 N–H and O–H groups in total. The number of hydrogen-bond acceptors (Lipinski definition) is 3. The van der Waals surface area contributed by atoms with E-state index in [1.807, 2.05) is 0 Å². The molecule has 1 rings (SSSR count). The van der Waals surface area contributed by atoms with Crippen molar-refractivity contribution in [2.24, 2.45) is 5.41 Å². The summed E-state index contributed by atoms with van der Waals surface area (Å²) in [5, 5.41) is 13.9. The number of aliphatic carboxylic acids is 1. The van der Waals surface area contributed by atoms with Gasteiger partial charge in [-0.25, -0.2) is 4.79 Å². The number of ether oxygens (including phenoxy) is 1. The lowest BCUT2D eigenvalue weighted by Crippen LogP contribution is -2.63. The lowest BCUT2D eigenvalue weighted by molar-refractivity contribution is -0.136. The van der Waals surface area contributed by atoms with E-state index in [2.05, 4.69) is 31.4 Å². The van der Waals surface area contributed by atoms with Crippen molar-refractivity contribution < 1.29 is 19.4 Å². The van der Waals surface area contributed by atoms with Crippen molar-refractivity contribution in [3.8, 4) is 0 Å². The van der Waals surface area contributed by atoms with E-state index in [0.29, 0.717) is 0 Å². The van der Waals surface area contributed by atoms with Crippen LogP contribution < -0.4 is 10.6 Å². The Morgan fingerprint density at radius 2 is 2.10 bits per heavy atom. The molecule has 6 nitrogen and oxygen atoms in total. The first-order valence-corrected chi connectivity index (χ1v) is 7.25.